The van der Waals surface area contributed by atoms with Crippen molar-refractivity contribution in [2.24, 2.45) is 0 Å². The lowest BCUT2D eigenvalue weighted by molar-refractivity contribution is 0.0602. The Morgan fingerprint density at radius 1 is 1.40 bits per heavy atom. The van der Waals surface area contributed by atoms with Crippen LogP contribution in [0.15, 0.2) is 24.4 Å². The van der Waals surface area contributed by atoms with Crippen molar-refractivity contribution in [1.82, 2.24) is 4.40 Å². The van der Waals surface area contributed by atoms with Crippen LogP contribution in [0.2, 0.25) is 0 Å². The number of hydrogen-bond acceptors (Lipinski definition) is 2. The molecule has 0 aliphatic heterocycles. The maximum Gasteiger partial charge on any atom is 0.339 e. The summed E-state index contributed by atoms with van der Waals surface area (Å²) < 4.78 is 6.74. The predicted octanol–water partition coefficient (Wildman–Crippen LogP) is 2.34. The Morgan fingerprint density at radius 2 is 2.13 bits per heavy atom. The molecule has 3 nitrogen and oxygen atoms in total. The molecule has 3 heteroatoms. The molecular weight excluding hydrogens is 190 g/mol. The summed E-state index contributed by atoms with van der Waals surface area (Å²) in [4.78, 5) is 11.5. The Labute approximate surface area is 88.3 Å². The Hall–Kier alpha value is -1.77. The number of esters is 1. The smallest absolute Gasteiger partial charge is 0.339 e. The van der Waals surface area contributed by atoms with E-state index in [-0.39, 0.29) is 5.97 Å². The summed E-state index contributed by atoms with van der Waals surface area (Å²) in [5, 5.41) is 0. The molecule has 0 aromatic carbocycles. The summed E-state index contributed by atoms with van der Waals surface area (Å²) in [6, 6.07) is 5.63. The van der Waals surface area contributed by atoms with Crippen molar-refractivity contribution in [3.8, 4) is 0 Å². The zero-order valence-corrected chi connectivity index (χ0v) is 9.07. The number of methoxy groups -OCH3 is 1. The van der Waals surface area contributed by atoms with Crippen molar-refractivity contribution in [2.45, 2.75) is 13.8 Å². The average molecular weight is 203 g/mol. The van der Waals surface area contributed by atoms with E-state index in [2.05, 4.69) is 0 Å². The molecule has 0 unspecified atom stereocenters. The van der Waals surface area contributed by atoms with E-state index in [1.807, 2.05) is 36.6 Å². The molecule has 0 amide bonds. The van der Waals surface area contributed by atoms with Gasteiger partial charge in [0.25, 0.3) is 0 Å². The molecule has 0 saturated heterocycles. The first-order valence-electron chi connectivity index (χ1n) is 4.80. The summed E-state index contributed by atoms with van der Waals surface area (Å²) in [6.07, 6.45) is 1.95. The molecule has 0 aliphatic rings. The highest BCUT2D eigenvalue weighted by Crippen LogP contribution is 2.19. The second-order valence-corrected chi connectivity index (χ2v) is 3.58. The molecule has 78 valence electrons. The molecule has 0 saturated carbocycles. The van der Waals surface area contributed by atoms with Crippen LogP contribution in [0.5, 0.6) is 0 Å². The summed E-state index contributed by atoms with van der Waals surface area (Å²) in [5.41, 5.74) is 3.83. The van der Waals surface area contributed by atoms with Crippen LogP contribution in [0, 0.1) is 13.8 Å². The third-order valence-electron chi connectivity index (χ3n) is 2.72. The van der Waals surface area contributed by atoms with E-state index >= 15 is 0 Å². The van der Waals surface area contributed by atoms with Crippen molar-refractivity contribution < 1.29 is 9.53 Å². The van der Waals surface area contributed by atoms with Gasteiger partial charge in [0.1, 0.15) is 0 Å². The van der Waals surface area contributed by atoms with Gasteiger partial charge in [-0.2, -0.15) is 0 Å². The number of nitrogens with zero attached hydrogens (tertiary/aromatic N) is 1. The fourth-order valence-electron chi connectivity index (χ4n) is 1.74. The van der Waals surface area contributed by atoms with E-state index in [4.69, 9.17) is 4.74 Å². The van der Waals surface area contributed by atoms with Crippen LogP contribution in [0.25, 0.3) is 5.52 Å². The number of aromatic nitrogens is 1. The number of ether oxygens (including phenoxy) is 1. The fourth-order valence-corrected chi connectivity index (χ4v) is 1.74. The van der Waals surface area contributed by atoms with Crippen molar-refractivity contribution in [3.05, 3.63) is 41.2 Å². The van der Waals surface area contributed by atoms with E-state index in [0.29, 0.717) is 5.56 Å². The van der Waals surface area contributed by atoms with Crippen LogP contribution in [0.1, 0.15) is 21.6 Å². The maximum atomic E-state index is 11.5. The third kappa shape index (κ3) is 1.40. The lowest BCUT2D eigenvalue weighted by Crippen LogP contribution is -2.03. The van der Waals surface area contributed by atoms with Gasteiger partial charge in [-0.15, -0.1) is 0 Å². The fraction of sp³-hybridized carbons (Fsp3) is 0.250. The molecule has 2 heterocycles. The molecule has 0 radical (unpaired) electrons. The molecular formula is C12H13NO2. The van der Waals surface area contributed by atoms with Crippen LogP contribution < -0.4 is 0 Å². The molecule has 0 spiro atoms. The summed E-state index contributed by atoms with van der Waals surface area (Å²) in [5.74, 6) is -0.293. The van der Waals surface area contributed by atoms with Crippen molar-refractivity contribution in [2.75, 3.05) is 7.11 Å². The second kappa shape index (κ2) is 3.42. The minimum absolute atomic E-state index is 0.293. The summed E-state index contributed by atoms with van der Waals surface area (Å²) in [6.45, 7) is 4.06. The van der Waals surface area contributed by atoms with E-state index in [1.54, 1.807) is 6.07 Å². The molecule has 2 rings (SSSR count). The lowest BCUT2D eigenvalue weighted by Gasteiger charge is -2.03. The Kier molecular flexibility index (Phi) is 2.23. The van der Waals surface area contributed by atoms with E-state index < -0.39 is 0 Å². The van der Waals surface area contributed by atoms with Gasteiger partial charge in [0.2, 0.25) is 0 Å². The highest BCUT2D eigenvalue weighted by Gasteiger charge is 2.12. The Balaban J connectivity index is 2.77. The van der Waals surface area contributed by atoms with Crippen molar-refractivity contribution in [1.29, 1.82) is 0 Å². The highest BCUT2D eigenvalue weighted by molar-refractivity contribution is 5.97. The van der Waals surface area contributed by atoms with Crippen LogP contribution in [-0.2, 0) is 4.74 Å². The minimum Gasteiger partial charge on any atom is -0.465 e. The number of aryl methyl sites for hydroxylation is 2. The number of fused-ring (bicyclic) bond motifs is 1. The molecule has 0 N–H and O–H groups in total. The molecule has 15 heavy (non-hydrogen) atoms. The van der Waals surface area contributed by atoms with Crippen LogP contribution in [0.3, 0.4) is 0 Å². The number of rotatable bonds is 1. The molecule has 0 bridgehead atoms. The summed E-state index contributed by atoms with van der Waals surface area (Å²) >= 11 is 0. The van der Waals surface area contributed by atoms with Gasteiger partial charge < -0.3 is 9.14 Å². The van der Waals surface area contributed by atoms with Crippen molar-refractivity contribution in [3.63, 3.8) is 0 Å². The van der Waals surface area contributed by atoms with Crippen LogP contribution >= 0.6 is 0 Å². The Bertz CT molecular complexity index is 526. The van der Waals surface area contributed by atoms with E-state index in [9.17, 15) is 4.79 Å². The number of hydrogen-bond donors (Lipinski definition) is 0. The van der Waals surface area contributed by atoms with Crippen LogP contribution in [0.4, 0.5) is 0 Å². The number of carbonyl (C=O) groups excluding carboxylic acids is 1. The average Bonchev–Trinajstić information content (AvgIpc) is 2.54. The van der Waals surface area contributed by atoms with Gasteiger partial charge in [0.05, 0.1) is 18.2 Å². The van der Waals surface area contributed by atoms with E-state index in [1.165, 1.54) is 12.7 Å². The minimum atomic E-state index is -0.293. The van der Waals surface area contributed by atoms with Crippen molar-refractivity contribution >= 4 is 11.5 Å². The third-order valence-corrected chi connectivity index (χ3v) is 2.72. The first kappa shape index (κ1) is 9.77. The zero-order chi connectivity index (χ0) is 11.0. The van der Waals surface area contributed by atoms with Crippen LogP contribution in [-0.4, -0.2) is 17.5 Å². The van der Waals surface area contributed by atoms with Gasteiger partial charge in [-0.25, -0.2) is 4.79 Å². The number of carbonyl (C=O) groups is 1. The molecule has 0 aliphatic carbocycles. The quantitative estimate of drug-likeness (QED) is 0.666. The standard InChI is InChI=1S/C12H13NO2/c1-8-7-11-10(12(14)15-3)5-4-6-13(11)9(8)2/h4-7H,1-3H3. The maximum absolute atomic E-state index is 11.5. The molecule has 0 fully saturated rings. The molecule has 2 aromatic heterocycles. The Morgan fingerprint density at radius 3 is 2.80 bits per heavy atom. The predicted molar refractivity (Wildman–Crippen MR) is 58.2 cm³/mol. The first-order valence-corrected chi connectivity index (χ1v) is 4.80. The topological polar surface area (TPSA) is 30.7 Å². The SMILES string of the molecule is COC(=O)c1cccn2c(C)c(C)cc12. The summed E-state index contributed by atoms with van der Waals surface area (Å²) in [7, 11) is 1.40. The largest absolute Gasteiger partial charge is 0.465 e. The zero-order valence-electron chi connectivity index (χ0n) is 9.07. The van der Waals surface area contributed by atoms with Gasteiger partial charge in [-0.05, 0) is 37.6 Å². The van der Waals surface area contributed by atoms with Gasteiger partial charge >= 0.3 is 5.97 Å². The van der Waals surface area contributed by atoms with Gasteiger partial charge in [0, 0.05) is 11.9 Å². The molecule has 0 atom stereocenters. The van der Waals surface area contributed by atoms with E-state index in [0.717, 1.165) is 11.2 Å². The number of pyridine rings is 1. The molecule has 2 aromatic rings. The lowest BCUT2D eigenvalue weighted by atomic mass is 10.2. The first-order chi connectivity index (χ1) is 7.15. The monoisotopic (exact) mass is 203 g/mol. The second-order valence-electron chi connectivity index (χ2n) is 3.58. The normalized spacial score (nSPS) is 10.6. The van der Waals surface area contributed by atoms with Gasteiger partial charge in [-0.1, -0.05) is 0 Å². The highest BCUT2D eigenvalue weighted by atomic mass is 16.5. The van der Waals surface area contributed by atoms with Gasteiger partial charge in [-0.3, -0.25) is 0 Å². The van der Waals surface area contributed by atoms with Gasteiger partial charge in [0.15, 0.2) is 0 Å².